The summed E-state index contributed by atoms with van der Waals surface area (Å²) < 4.78 is 1.12. The third kappa shape index (κ3) is 4.90. The minimum atomic E-state index is -0.377. The lowest BCUT2D eigenvalue weighted by Crippen LogP contribution is -2.40. The number of likely N-dealkylation sites (N-methyl/N-ethyl adjacent to an activating group) is 1. The van der Waals surface area contributed by atoms with Crippen molar-refractivity contribution in [2.24, 2.45) is 0 Å². The molecule has 1 heterocycles. The van der Waals surface area contributed by atoms with Gasteiger partial charge in [0.05, 0.1) is 16.1 Å². The summed E-state index contributed by atoms with van der Waals surface area (Å²) in [6, 6.07) is 26.4. The second kappa shape index (κ2) is 10.1. The van der Waals surface area contributed by atoms with Gasteiger partial charge in [0.25, 0.3) is 0 Å². The molecule has 0 saturated heterocycles. The number of benzene rings is 3. The van der Waals surface area contributed by atoms with E-state index in [-0.39, 0.29) is 11.8 Å². The SMILES string of the molecule is CCc1ccc2nc(N(CCN(C)C)C(=O)C(c3ccccc3)c3ccccc3)sc2c1. The van der Waals surface area contributed by atoms with Crippen LogP contribution in [0.4, 0.5) is 5.13 Å². The van der Waals surface area contributed by atoms with Crippen molar-refractivity contribution in [1.82, 2.24) is 9.88 Å². The number of rotatable bonds is 8. The Morgan fingerprint density at radius 3 is 2.09 bits per heavy atom. The van der Waals surface area contributed by atoms with Crippen molar-refractivity contribution in [3.63, 3.8) is 0 Å². The monoisotopic (exact) mass is 443 g/mol. The van der Waals surface area contributed by atoms with Gasteiger partial charge in [-0.3, -0.25) is 9.69 Å². The molecule has 0 fully saturated rings. The van der Waals surface area contributed by atoms with Gasteiger partial charge in [-0.25, -0.2) is 4.98 Å². The highest BCUT2D eigenvalue weighted by Crippen LogP contribution is 2.34. The first-order valence-corrected chi connectivity index (χ1v) is 11.8. The van der Waals surface area contributed by atoms with Gasteiger partial charge in [-0.2, -0.15) is 0 Å². The van der Waals surface area contributed by atoms with E-state index in [4.69, 9.17) is 4.98 Å². The third-order valence-corrected chi connectivity index (χ3v) is 6.67. The van der Waals surface area contributed by atoms with Crippen LogP contribution < -0.4 is 4.90 Å². The minimum absolute atomic E-state index is 0.0546. The zero-order valence-electron chi connectivity index (χ0n) is 18.9. The average molecular weight is 444 g/mol. The van der Waals surface area contributed by atoms with Crippen LogP contribution >= 0.6 is 11.3 Å². The van der Waals surface area contributed by atoms with Crippen LogP contribution in [0.25, 0.3) is 10.2 Å². The molecule has 4 rings (SSSR count). The molecule has 1 amide bonds. The van der Waals surface area contributed by atoms with Crippen LogP contribution in [0, 0.1) is 0 Å². The van der Waals surface area contributed by atoms with Crippen molar-refractivity contribution in [3.8, 4) is 0 Å². The maximum absolute atomic E-state index is 14.1. The Bertz CT molecular complexity index is 1130. The summed E-state index contributed by atoms with van der Waals surface area (Å²) >= 11 is 1.60. The summed E-state index contributed by atoms with van der Waals surface area (Å²) in [6.07, 6.45) is 0.983. The largest absolute Gasteiger partial charge is 0.308 e. The highest BCUT2D eigenvalue weighted by atomic mass is 32.1. The highest BCUT2D eigenvalue weighted by Gasteiger charge is 2.30. The lowest BCUT2D eigenvalue weighted by atomic mass is 9.90. The minimum Gasteiger partial charge on any atom is -0.308 e. The predicted molar refractivity (Wildman–Crippen MR) is 135 cm³/mol. The molecule has 0 saturated carbocycles. The number of thiazole rings is 1. The van der Waals surface area contributed by atoms with Gasteiger partial charge in [-0.1, -0.05) is 85.0 Å². The van der Waals surface area contributed by atoms with E-state index in [9.17, 15) is 4.79 Å². The molecule has 164 valence electrons. The van der Waals surface area contributed by atoms with Gasteiger partial charge in [0.1, 0.15) is 0 Å². The van der Waals surface area contributed by atoms with Gasteiger partial charge in [0.15, 0.2) is 5.13 Å². The van der Waals surface area contributed by atoms with Crippen molar-refractivity contribution in [3.05, 3.63) is 95.6 Å². The van der Waals surface area contributed by atoms with Crippen LogP contribution in [-0.4, -0.2) is 43.0 Å². The Kier molecular flexibility index (Phi) is 6.98. The number of carbonyl (C=O) groups excluding carboxylic acids is 1. The van der Waals surface area contributed by atoms with E-state index in [2.05, 4.69) is 30.0 Å². The van der Waals surface area contributed by atoms with Gasteiger partial charge < -0.3 is 4.90 Å². The Hall–Kier alpha value is -3.02. The van der Waals surface area contributed by atoms with E-state index in [1.54, 1.807) is 11.3 Å². The summed E-state index contributed by atoms with van der Waals surface area (Å²) in [7, 11) is 4.06. The number of hydrogen-bond acceptors (Lipinski definition) is 4. The molecule has 3 aromatic carbocycles. The average Bonchev–Trinajstić information content (AvgIpc) is 3.23. The zero-order valence-corrected chi connectivity index (χ0v) is 19.7. The van der Waals surface area contributed by atoms with Crippen LogP contribution in [-0.2, 0) is 11.2 Å². The van der Waals surface area contributed by atoms with Crippen LogP contribution in [0.2, 0.25) is 0 Å². The zero-order chi connectivity index (χ0) is 22.5. The Morgan fingerprint density at radius 1 is 0.906 bits per heavy atom. The molecule has 0 aliphatic rings. The number of nitrogens with zero attached hydrogens (tertiary/aromatic N) is 3. The van der Waals surface area contributed by atoms with Crippen molar-refractivity contribution >= 4 is 32.6 Å². The molecule has 0 aliphatic heterocycles. The first kappa shape index (κ1) is 22.2. The first-order valence-electron chi connectivity index (χ1n) is 11.0. The topological polar surface area (TPSA) is 36.4 Å². The maximum atomic E-state index is 14.1. The summed E-state index contributed by atoms with van der Waals surface area (Å²) in [5, 5.41) is 0.761. The van der Waals surface area contributed by atoms with Gasteiger partial charge in [0.2, 0.25) is 5.91 Å². The number of anilines is 1. The summed E-state index contributed by atoms with van der Waals surface area (Å²) in [5.41, 5.74) is 4.21. The van der Waals surface area contributed by atoms with Crippen molar-refractivity contribution in [2.45, 2.75) is 19.3 Å². The Morgan fingerprint density at radius 2 is 1.53 bits per heavy atom. The van der Waals surface area contributed by atoms with Gasteiger partial charge >= 0.3 is 0 Å². The Balaban J connectivity index is 1.78. The van der Waals surface area contributed by atoms with Crippen molar-refractivity contribution < 1.29 is 4.79 Å². The second-order valence-electron chi connectivity index (χ2n) is 8.20. The molecule has 0 bridgehead atoms. The number of fused-ring (bicyclic) bond motifs is 1. The van der Waals surface area contributed by atoms with Crippen LogP contribution in [0.15, 0.2) is 78.9 Å². The molecule has 4 nitrogen and oxygen atoms in total. The lowest BCUT2D eigenvalue weighted by molar-refractivity contribution is -0.119. The molecule has 0 N–H and O–H groups in total. The molecule has 0 spiro atoms. The van der Waals surface area contributed by atoms with Gasteiger partial charge in [-0.05, 0) is 49.3 Å². The molecule has 4 aromatic rings. The van der Waals surface area contributed by atoms with Gasteiger partial charge in [0, 0.05) is 13.1 Å². The number of amides is 1. The number of hydrogen-bond donors (Lipinski definition) is 0. The van der Waals surface area contributed by atoms with Crippen LogP contribution in [0.5, 0.6) is 0 Å². The first-order chi connectivity index (χ1) is 15.6. The molecule has 1 aromatic heterocycles. The molecule has 0 radical (unpaired) electrons. The molecular weight excluding hydrogens is 414 g/mol. The number of carbonyl (C=O) groups is 1. The van der Waals surface area contributed by atoms with E-state index >= 15 is 0 Å². The lowest BCUT2D eigenvalue weighted by Gasteiger charge is -2.27. The number of aromatic nitrogens is 1. The van der Waals surface area contributed by atoms with E-state index in [0.29, 0.717) is 6.54 Å². The third-order valence-electron chi connectivity index (χ3n) is 5.63. The smallest absolute Gasteiger partial charge is 0.240 e. The standard InChI is InChI=1S/C27H29N3OS/c1-4-20-15-16-23-24(19-20)32-27(28-23)30(18-17-29(2)3)26(31)25(21-11-7-5-8-12-21)22-13-9-6-10-14-22/h5-16,19,25H,4,17-18H2,1-3H3. The van der Waals surface area contributed by atoms with E-state index < -0.39 is 0 Å². The summed E-state index contributed by atoms with van der Waals surface area (Å²) in [5.74, 6) is -0.322. The molecule has 0 unspecified atom stereocenters. The van der Waals surface area contributed by atoms with Gasteiger partial charge in [-0.15, -0.1) is 0 Å². The van der Waals surface area contributed by atoms with E-state index in [1.807, 2.05) is 79.7 Å². The fourth-order valence-corrected chi connectivity index (χ4v) is 4.88. The molecule has 0 aliphatic carbocycles. The van der Waals surface area contributed by atoms with Crippen LogP contribution in [0.3, 0.4) is 0 Å². The summed E-state index contributed by atoms with van der Waals surface area (Å²) in [4.78, 5) is 23.0. The fourth-order valence-electron chi connectivity index (χ4n) is 3.82. The fraction of sp³-hybridized carbons (Fsp3) is 0.259. The number of aryl methyl sites for hydroxylation is 1. The Labute approximate surface area is 194 Å². The van der Waals surface area contributed by atoms with E-state index in [1.165, 1.54) is 5.56 Å². The molecule has 0 atom stereocenters. The molecular formula is C27H29N3OS. The normalized spacial score (nSPS) is 11.4. The maximum Gasteiger partial charge on any atom is 0.240 e. The van der Waals surface area contributed by atoms with Crippen molar-refractivity contribution in [1.29, 1.82) is 0 Å². The molecule has 5 heteroatoms. The molecule has 32 heavy (non-hydrogen) atoms. The van der Waals surface area contributed by atoms with Crippen molar-refractivity contribution in [2.75, 3.05) is 32.1 Å². The van der Waals surface area contributed by atoms with Crippen LogP contribution in [0.1, 0.15) is 29.5 Å². The van der Waals surface area contributed by atoms with E-state index in [0.717, 1.165) is 39.4 Å². The second-order valence-corrected chi connectivity index (χ2v) is 9.21. The predicted octanol–water partition coefficient (Wildman–Crippen LogP) is 5.59. The highest BCUT2D eigenvalue weighted by molar-refractivity contribution is 7.22. The summed E-state index contributed by atoms with van der Waals surface area (Å²) in [6.45, 7) is 3.50. The quantitative estimate of drug-likeness (QED) is 0.356.